The molecule has 1 fully saturated rings. The summed E-state index contributed by atoms with van der Waals surface area (Å²) in [7, 11) is 0. The van der Waals surface area contributed by atoms with Crippen LogP contribution in [0.3, 0.4) is 0 Å². The first-order valence-corrected chi connectivity index (χ1v) is 14.0. The summed E-state index contributed by atoms with van der Waals surface area (Å²) in [5.41, 5.74) is 4.57. The minimum absolute atomic E-state index is 0.138. The van der Waals surface area contributed by atoms with E-state index < -0.39 is 11.6 Å². The summed E-state index contributed by atoms with van der Waals surface area (Å²) in [6.45, 7) is 6.67. The van der Waals surface area contributed by atoms with Gasteiger partial charge in [-0.1, -0.05) is 56.2 Å². The van der Waals surface area contributed by atoms with Crippen molar-refractivity contribution in [3.05, 3.63) is 101 Å². The van der Waals surface area contributed by atoms with Gasteiger partial charge in [-0.05, 0) is 73.8 Å². The number of carbonyl (C=O) groups is 1. The van der Waals surface area contributed by atoms with E-state index in [-0.39, 0.29) is 18.0 Å². The maximum atomic E-state index is 14.0. The fourth-order valence-corrected chi connectivity index (χ4v) is 5.40. The molecule has 2 heterocycles. The standard InChI is InChI=1S/C32H36F2N4O/c1-2-3-19-37(32(39)24-15-16-27(33)28(34)20-24)23-31-35-29-13-7-8-14-30(29)38(31)22-26-12-6-5-11-25(26)21-36-17-9-4-10-18-36/h5-8,11-16,20H,2-4,9-10,17-19,21-23H2,1H3. The molecule has 4 aromatic rings. The number of imidazole rings is 1. The second-order valence-electron chi connectivity index (χ2n) is 10.4. The Bertz CT molecular complexity index is 1430. The number of benzene rings is 3. The summed E-state index contributed by atoms with van der Waals surface area (Å²) in [5, 5.41) is 0. The van der Waals surface area contributed by atoms with Crippen LogP contribution >= 0.6 is 0 Å². The zero-order valence-electron chi connectivity index (χ0n) is 22.6. The number of aromatic nitrogens is 2. The van der Waals surface area contributed by atoms with Gasteiger partial charge in [0.25, 0.3) is 5.91 Å². The zero-order valence-corrected chi connectivity index (χ0v) is 22.6. The zero-order chi connectivity index (χ0) is 27.2. The van der Waals surface area contributed by atoms with Gasteiger partial charge in [0.15, 0.2) is 11.6 Å². The summed E-state index contributed by atoms with van der Waals surface area (Å²) in [4.78, 5) is 22.6. The molecular weight excluding hydrogens is 494 g/mol. The Morgan fingerprint density at radius 1 is 0.897 bits per heavy atom. The minimum Gasteiger partial charge on any atom is -0.331 e. The fraction of sp³-hybridized carbons (Fsp3) is 0.375. The van der Waals surface area contributed by atoms with Crippen molar-refractivity contribution < 1.29 is 13.6 Å². The summed E-state index contributed by atoms with van der Waals surface area (Å²) < 4.78 is 29.7. The Kier molecular flexibility index (Phi) is 8.67. The van der Waals surface area contributed by atoms with Crippen molar-refractivity contribution in [1.82, 2.24) is 19.4 Å². The van der Waals surface area contributed by atoms with Gasteiger partial charge in [0.1, 0.15) is 5.82 Å². The van der Waals surface area contributed by atoms with Crippen LogP contribution in [0.25, 0.3) is 11.0 Å². The van der Waals surface area contributed by atoms with Crippen LogP contribution < -0.4 is 0 Å². The number of para-hydroxylation sites is 2. The molecular formula is C32H36F2N4O. The van der Waals surface area contributed by atoms with Crippen LogP contribution in [-0.4, -0.2) is 44.9 Å². The highest BCUT2D eigenvalue weighted by Crippen LogP contribution is 2.23. The molecule has 1 aromatic heterocycles. The van der Waals surface area contributed by atoms with Crippen LogP contribution in [0, 0.1) is 11.6 Å². The number of nitrogens with zero attached hydrogens (tertiary/aromatic N) is 4. The van der Waals surface area contributed by atoms with Gasteiger partial charge in [0, 0.05) is 25.2 Å². The summed E-state index contributed by atoms with van der Waals surface area (Å²) in [6.07, 6.45) is 5.51. The van der Waals surface area contributed by atoms with E-state index in [1.54, 1.807) is 4.90 Å². The van der Waals surface area contributed by atoms with Crippen LogP contribution in [0.2, 0.25) is 0 Å². The molecule has 0 spiro atoms. The predicted octanol–water partition coefficient (Wildman–Crippen LogP) is 6.79. The van der Waals surface area contributed by atoms with Gasteiger partial charge in [0.05, 0.1) is 17.6 Å². The van der Waals surface area contributed by atoms with E-state index in [1.807, 2.05) is 18.2 Å². The monoisotopic (exact) mass is 530 g/mol. The van der Waals surface area contributed by atoms with Crippen molar-refractivity contribution in [2.75, 3.05) is 19.6 Å². The number of fused-ring (bicyclic) bond motifs is 1. The fourth-order valence-electron chi connectivity index (χ4n) is 5.40. The van der Waals surface area contributed by atoms with Gasteiger partial charge in [-0.2, -0.15) is 0 Å². The first-order valence-electron chi connectivity index (χ1n) is 14.0. The first-order chi connectivity index (χ1) is 19.0. The molecule has 0 saturated carbocycles. The molecule has 0 N–H and O–H groups in total. The minimum atomic E-state index is -1.02. The number of amides is 1. The van der Waals surface area contributed by atoms with Gasteiger partial charge in [-0.15, -0.1) is 0 Å². The highest BCUT2D eigenvalue weighted by molar-refractivity contribution is 5.94. The smallest absolute Gasteiger partial charge is 0.254 e. The third-order valence-corrected chi connectivity index (χ3v) is 7.59. The van der Waals surface area contributed by atoms with Gasteiger partial charge in [-0.25, -0.2) is 13.8 Å². The van der Waals surface area contributed by atoms with Crippen molar-refractivity contribution in [3.63, 3.8) is 0 Å². The molecule has 3 aromatic carbocycles. The first kappa shape index (κ1) is 27.0. The molecule has 1 amide bonds. The maximum Gasteiger partial charge on any atom is 0.254 e. The molecule has 39 heavy (non-hydrogen) atoms. The Morgan fingerprint density at radius 3 is 2.36 bits per heavy atom. The number of unbranched alkanes of at least 4 members (excludes halogenated alkanes) is 1. The molecule has 1 aliphatic heterocycles. The van der Waals surface area contributed by atoms with Crippen LogP contribution in [0.4, 0.5) is 8.78 Å². The highest BCUT2D eigenvalue weighted by atomic mass is 19.2. The van der Waals surface area contributed by atoms with Crippen LogP contribution in [0.15, 0.2) is 66.7 Å². The van der Waals surface area contributed by atoms with E-state index in [2.05, 4.69) is 46.7 Å². The molecule has 0 atom stereocenters. The summed E-state index contributed by atoms with van der Waals surface area (Å²) in [6, 6.07) is 19.9. The summed E-state index contributed by atoms with van der Waals surface area (Å²) in [5.74, 6) is -1.53. The quantitative estimate of drug-likeness (QED) is 0.227. The average Bonchev–Trinajstić information content (AvgIpc) is 3.30. The Morgan fingerprint density at radius 2 is 1.62 bits per heavy atom. The van der Waals surface area contributed by atoms with Gasteiger partial charge < -0.3 is 9.47 Å². The number of piperidine rings is 1. The number of hydrogen-bond acceptors (Lipinski definition) is 3. The molecule has 0 radical (unpaired) electrons. The lowest BCUT2D eigenvalue weighted by Gasteiger charge is -2.27. The van der Waals surface area contributed by atoms with Gasteiger partial charge in [-0.3, -0.25) is 9.69 Å². The van der Waals surface area contributed by atoms with E-state index in [1.165, 1.54) is 36.5 Å². The lowest BCUT2D eigenvalue weighted by Crippen LogP contribution is -2.33. The highest BCUT2D eigenvalue weighted by Gasteiger charge is 2.22. The van der Waals surface area contributed by atoms with E-state index in [4.69, 9.17) is 4.98 Å². The normalized spacial score (nSPS) is 14.1. The van der Waals surface area contributed by atoms with E-state index in [0.29, 0.717) is 13.1 Å². The average molecular weight is 531 g/mol. The molecule has 1 aliphatic rings. The second-order valence-corrected chi connectivity index (χ2v) is 10.4. The lowest BCUT2D eigenvalue weighted by atomic mass is 10.0. The van der Waals surface area contributed by atoms with Crippen LogP contribution in [0.5, 0.6) is 0 Å². The summed E-state index contributed by atoms with van der Waals surface area (Å²) >= 11 is 0. The number of carbonyl (C=O) groups excluding carboxylic acids is 1. The largest absolute Gasteiger partial charge is 0.331 e. The van der Waals surface area contributed by atoms with Crippen molar-refractivity contribution in [2.45, 2.75) is 58.7 Å². The number of halogens is 2. The van der Waals surface area contributed by atoms with Gasteiger partial charge >= 0.3 is 0 Å². The molecule has 204 valence electrons. The Balaban J connectivity index is 1.47. The van der Waals surface area contributed by atoms with Gasteiger partial charge in [0.2, 0.25) is 0 Å². The Labute approximate surface area is 229 Å². The molecule has 5 nitrogen and oxygen atoms in total. The van der Waals surface area contributed by atoms with E-state index >= 15 is 0 Å². The Hall–Kier alpha value is -3.58. The van der Waals surface area contributed by atoms with Crippen LogP contribution in [0.1, 0.15) is 66.3 Å². The SMILES string of the molecule is CCCCN(Cc1nc2ccccc2n1Cc1ccccc1CN1CCCCC1)C(=O)c1ccc(F)c(F)c1. The molecule has 7 heteroatoms. The molecule has 0 aliphatic carbocycles. The lowest BCUT2D eigenvalue weighted by molar-refractivity contribution is 0.0734. The molecule has 1 saturated heterocycles. The third kappa shape index (κ3) is 6.36. The van der Waals surface area contributed by atoms with Crippen LogP contribution in [-0.2, 0) is 19.6 Å². The van der Waals surface area contributed by atoms with E-state index in [9.17, 15) is 13.6 Å². The number of hydrogen-bond donors (Lipinski definition) is 0. The van der Waals surface area contributed by atoms with E-state index in [0.717, 1.165) is 61.5 Å². The van der Waals surface area contributed by atoms with Crippen molar-refractivity contribution in [3.8, 4) is 0 Å². The topological polar surface area (TPSA) is 41.4 Å². The molecule has 0 unspecified atom stereocenters. The number of rotatable bonds is 10. The van der Waals surface area contributed by atoms with Crippen molar-refractivity contribution >= 4 is 16.9 Å². The molecule has 5 rings (SSSR count). The number of likely N-dealkylation sites (tertiary alicyclic amines) is 1. The predicted molar refractivity (Wildman–Crippen MR) is 150 cm³/mol. The molecule has 0 bridgehead atoms. The third-order valence-electron chi connectivity index (χ3n) is 7.59. The maximum absolute atomic E-state index is 14.0. The second kappa shape index (κ2) is 12.5. The van der Waals surface area contributed by atoms with Crippen molar-refractivity contribution in [1.29, 1.82) is 0 Å². The van der Waals surface area contributed by atoms with Crippen molar-refractivity contribution in [2.24, 2.45) is 0 Å².